The van der Waals surface area contributed by atoms with Crippen molar-refractivity contribution in [1.29, 1.82) is 0 Å². The fraction of sp³-hybridized carbons (Fsp3) is 0.105. The van der Waals surface area contributed by atoms with Gasteiger partial charge in [-0.2, -0.15) is 0 Å². The number of ether oxygens (including phenoxy) is 1. The van der Waals surface area contributed by atoms with E-state index in [1.54, 1.807) is 62.0 Å². The fourth-order valence-corrected chi connectivity index (χ4v) is 3.89. The smallest absolute Gasteiger partial charge is 0.264 e. The minimum atomic E-state index is -3.73. The number of para-hydroxylation sites is 1. The molecule has 3 aromatic rings. The Morgan fingerprint density at radius 3 is 2.28 bits per heavy atom. The average molecular weight is 354 g/mol. The molecule has 6 heteroatoms. The molecule has 0 fully saturated rings. The first kappa shape index (κ1) is 17.0. The maximum atomic E-state index is 13.2. The van der Waals surface area contributed by atoms with Gasteiger partial charge in [0.05, 0.1) is 24.2 Å². The maximum absolute atomic E-state index is 13.2. The highest BCUT2D eigenvalue weighted by Gasteiger charge is 2.25. The van der Waals surface area contributed by atoms with Crippen molar-refractivity contribution < 1.29 is 13.2 Å². The van der Waals surface area contributed by atoms with E-state index in [0.29, 0.717) is 11.4 Å². The van der Waals surface area contributed by atoms with Gasteiger partial charge in [-0.25, -0.2) is 8.42 Å². The summed E-state index contributed by atoms with van der Waals surface area (Å²) in [4.78, 5) is 4.28. The van der Waals surface area contributed by atoms with Gasteiger partial charge in [0.1, 0.15) is 5.75 Å². The maximum Gasteiger partial charge on any atom is 0.264 e. The van der Waals surface area contributed by atoms with E-state index >= 15 is 0 Å². The first-order chi connectivity index (χ1) is 12.1. The molecule has 0 bridgehead atoms. The third kappa shape index (κ3) is 3.80. The van der Waals surface area contributed by atoms with Crippen LogP contribution in [-0.4, -0.2) is 20.5 Å². The van der Waals surface area contributed by atoms with Gasteiger partial charge in [0, 0.05) is 12.4 Å². The second-order valence-electron chi connectivity index (χ2n) is 5.38. The Labute approximate surface area is 147 Å². The molecule has 0 aliphatic rings. The minimum Gasteiger partial charge on any atom is -0.497 e. The van der Waals surface area contributed by atoms with Crippen LogP contribution in [0.5, 0.6) is 5.75 Å². The molecule has 0 saturated carbocycles. The Morgan fingerprint density at radius 1 is 0.960 bits per heavy atom. The van der Waals surface area contributed by atoms with Gasteiger partial charge in [-0.05, 0) is 48.0 Å². The van der Waals surface area contributed by atoms with E-state index < -0.39 is 10.0 Å². The van der Waals surface area contributed by atoms with Crippen LogP contribution < -0.4 is 9.04 Å². The molecule has 0 N–H and O–H groups in total. The highest BCUT2D eigenvalue weighted by molar-refractivity contribution is 7.92. The predicted octanol–water partition coefficient (Wildman–Crippen LogP) is 3.49. The Bertz CT molecular complexity index is 912. The summed E-state index contributed by atoms with van der Waals surface area (Å²) in [5.41, 5.74) is 1.41. The van der Waals surface area contributed by atoms with Gasteiger partial charge in [-0.1, -0.05) is 24.3 Å². The molecule has 0 atom stereocenters. The molecule has 0 spiro atoms. The van der Waals surface area contributed by atoms with Gasteiger partial charge in [-0.3, -0.25) is 9.29 Å². The zero-order chi connectivity index (χ0) is 17.7. The van der Waals surface area contributed by atoms with Crippen LogP contribution in [0.4, 0.5) is 5.69 Å². The Hall–Kier alpha value is -2.86. The van der Waals surface area contributed by atoms with Crippen molar-refractivity contribution in [3.05, 3.63) is 84.7 Å². The lowest BCUT2D eigenvalue weighted by atomic mass is 10.2. The summed E-state index contributed by atoms with van der Waals surface area (Å²) in [5.74, 6) is 0.609. The largest absolute Gasteiger partial charge is 0.497 e. The Morgan fingerprint density at radius 2 is 1.68 bits per heavy atom. The second kappa shape index (κ2) is 7.36. The van der Waals surface area contributed by atoms with Gasteiger partial charge in [0.25, 0.3) is 10.0 Å². The lowest BCUT2D eigenvalue weighted by Crippen LogP contribution is -2.30. The van der Waals surface area contributed by atoms with Gasteiger partial charge >= 0.3 is 0 Å². The number of sulfonamides is 1. The number of methoxy groups -OCH3 is 1. The Balaban J connectivity index is 2.03. The van der Waals surface area contributed by atoms with E-state index in [1.165, 1.54) is 4.31 Å². The highest BCUT2D eigenvalue weighted by atomic mass is 32.2. The number of aromatic nitrogens is 1. The molecule has 0 aliphatic carbocycles. The quantitative estimate of drug-likeness (QED) is 0.680. The first-order valence-corrected chi connectivity index (χ1v) is 9.16. The molecule has 128 valence electrons. The number of hydrogen-bond donors (Lipinski definition) is 0. The molecule has 0 radical (unpaired) electrons. The fourth-order valence-electron chi connectivity index (χ4n) is 2.44. The summed E-state index contributed by atoms with van der Waals surface area (Å²) >= 11 is 0. The number of benzene rings is 2. The van der Waals surface area contributed by atoms with Crippen LogP contribution >= 0.6 is 0 Å². The van der Waals surface area contributed by atoms with E-state index in [9.17, 15) is 8.42 Å². The molecule has 0 aliphatic heterocycles. The summed E-state index contributed by atoms with van der Waals surface area (Å²) in [6.07, 6.45) is 3.33. The van der Waals surface area contributed by atoms with Crippen LogP contribution in [0.15, 0.2) is 84.0 Å². The number of nitrogens with zero attached hydrogens (tertiary/aromatic N) is 2. The molecule has 25 heavy (non-hydrogen) atoms. The molecular formula is C19H18N2O3S. The first-order valence-electron chi connectivity index (χ1n) is 7.72. The minimum absolute atomic E-state index is 0.201. The van der Waals surface area contributed by atoms with Crippen molar-refractivity contribution in [1.82, 2.24) is 4.98 Å². The average Bonchev–Trinajstić information content (AvgIpc) is 2.67. The SMILES string of the molecule is COc1ccc(S(=O)(=O)N(Cc2cccnc2)c2ccccc2)cc1. The third-order valence-corrected chi connectivity index (χ3v) is 5.53. The second-order valence-corrected chi connectivity index (χ2v) is 7.25. The van der Waals surface area contributed by atoms with Crippen LogP contribution in [0.2, 0.25) is 0 Å². The third-order valence-electron chi connectivity index (χ3n) is 3.74. The lowest BCUT2D eigenvalue weighted by molar-refractivity contribution is 0.414. The highest BCUT2D eigenvalue weighted by Crippen LogP contribution is 2.26. The summed E-state index contributed by atoms with van der Waals surface area (Å²) in [5, 5.41) is 0. The van der Waals surface area contributed by atoms with Gasteiger partial charge in [0.15, 0.2) is 0 Å². The summed E-state index contributed by atoms with van der Waals surface area (Å²) in [6.45, 7) is 0.201. The standard InChI is InChI=1S/C19H18N2O3S/c1-24-18-9-11-19(12-10-18)25(22,23)21(17-7-3-2-4-8-17)15-16-6-5-13-20-14-16/h2-14H,15H2,1H3. The molecule has 0 unspecified atom stereocenters. The topological polar surface area (TPSA) is 59.5 Å². The van der Waals surface area contributed by atoms with Crippen molar-refractivity contribution in [2.45, 2.75) is 11.4 Å². The lowest BCUT2D eigenvalue weighted by Gasteiger charge is -2.24. The number of pyridine rings is 1. The zero-order valence-corrected chi connectivity index (χ0v) is 14.6. The van der Waals surface area contributed by atoms with E-state index in [-0.39, 0.29) is 11.4 Å². The van der Waals surface area contributed by atoms with Crippen molar-refractivity contribution >= 4 is 15.7 Å². The monoisotopic (exact) mass is 354 g/mol. The van der Waals surface area contributed by atoms with Crippen LogP contribution in [-0.2, 0) is 16.6 Å². The van der Waals surface area contributed by atoms with Crippen molar-refractivity contribution in [3.8, 4) is 5.75 Å². The molecule has 3 rings (SSSR count). The van der Waals surface area contributed by atoms with Gasteiger partial charge in [-0.15, -0.1) is 0 Å². The van der Waals surface area contributed by atoms with Crippen molar-refractivity contribution in [2.75, 3.05) is 11.4 Å². The van der Waals surface area contributed by atoms with Crippen LogP contribution in [0.25, 0.3) is 0 Å². The summed E-state index contributed by atoms with van der Waals surface area (Å²) < 4.78 is 32.9. The molecular weight excluding hydrogens is 336 g/mol. The summed E-state index contributed by atoms with van der Waals surface area (Å²) in [6, 6.07) is 19.1. The summed E-state index contributed by atoms with van der Waals surface area (Å²) in [7, 11) is -2.18. The molecule has 2 aromatic carbocycles. The van der Waals surface area contributed by atoms with Gasteiger partial charge in [0.2, 0.25) is 0 Å². The van der Waals surface area contributed by atoms with E-state index in [4.69, 9.17) is 4.74 Å². The zero-order valence-electron chi connectivity index (χ0n) is 13.7. The van der Waals surface area contributed by atoms with E-state index in [1.807, 2.05) is 24.3 Å². The van der Waals surface area contributed by atoms with Crippen molar-refractivity contribution in [3.63, 3.8) is 0 Å². The Kier molecular flexibility index (Phi) is 5.00. The molecule has 5 nitrogen and oxygen atoms in total. The van der Waals surface area contributed by atoms with Crippen LogP contribution in [0.3, 0.4) is 0 Å². The van der Waals surface area contributed by atoms with Crippen LogP contribution in [0, 0.1) is 0 Å². The number of rotatable bonds is 6. The van der Waals surface area contributed by atoms with E-state index in [2.05, 4.69) is 4.98 Å². The molecule has 1 heterocycles. The molecule has 0 saturated heterocycles. The van der Waals surface area contributed by atoms with Crippen LogP contribution in [0.1, 0.15) is 5.56 Å². The number of anilines is 1. The van der Waals surface area contributed by atoms with Crippen molar-refractivity contribution in [2.24, 2.45) is 0 Å². The van der Waals surface area contributed by atoms with E-state index in [0.717, 1.165) is 5.56 Å². The molecule has 1 aromatic heterocycles. The normalized spacial score (nSPS) is 11.1. The van der Waals surface area contributed by atoms with Gasteiger partial charge < -0.3 is 4.74 Å². The number of hydrogen-bond acceptors (Lipinski definition) is 4. The predicted molar refractivity (Wildman–Crippen MR) is 97.0 cm³/mol. The molecule has 0 amide bonds.